The molecule has 1 aliphatic heterocycles. The Hall–Kier alpha value is -2.28. The van der Waals surface area contributed by atoms with E-state index >= 15 is 0 Å². The van der Waals surface area contributed by atoms with Crippen LogP contribution < -0.4 is 5.32 Å². The van der Waals surface area contributed by atoms with E-state index in [-0.39, 0.29) is 6.04 Å². The second kappa shape index (κ2) is 6.92. The molecule has 1 aliphatic carbocycles. The van der Waals surface area contributed by atoms with Gasteiger partial charge in [0.05, 0.1) is 0 Å². The van der Waals surface area contributed by atoms with Crippen molar-refractivity contribution in [2.45, 2.75) is 38.1 Å². The Morgan fingerprint density at radius 3 is 2.88 bits per heavy atom. The highest BCUT2D eigenvalue weighted by molar-refractivity contribution is 5.73. The summed E-state index contributed by atoms with van der Waals surface area (Å²) in [5.41, 5.74) is 2.28. The maximum Gasteiger partial charge on any atom is 0.320 e. The van der Waals surface area contributed by atoms with Gasteiger partial charge in [-0.3, -0.25) is 4.79 Å². The van der Waals surface area contributed by atoms with Crippen LogP contribution in [0.15, 0.2) is 24.3 Å². The van der Waals surface area contributed by atoms with Crippen LogP contribution in [-0.4, -0.2) is 44.3 Å². The van der Waals surface area contributed by atoms with Crippen molar-refractivity contribution in [1.82, 2.24) is 25.9 Å². The molecule has 0 unspecified atom stereocenters. The molecule has 7 heteroatoms. The van der Waals surface area contributed by atoms with E-state index in [1.807, 2.05) is 12.1 Å². The summed E-state index contributed by atoms with van der Waals surface area (Å²) in [7, 11) is 0. The van der Waals surface area contributed by atoms with Gasteiger partial charge < -0.3 is 10.4 Å². The summed E-state index contributed by atoms with van der Waals surface area (Å²) >= 11 is 0. The average Bonchev–Trinajstić information content (AvgIpc) is 3.16. The number of fused-ring (bicyclic) bond motifs is 1. The molecule has 1 aromatic carbocycles. The molecule has 3 N–H and O–H groups in total. The van der Waals surface area contributed by atoms with Gasteiger partial charge in [0.25, 0.3) is 0 Å². The largest absolute Gasteiger partial charge is 0.480 e. The number of carboxylic acids is 1. The normalized spacial score (nSPS) is 29.1. The van der Waals surface area contributed by atoms with E-state index in [2.05, 4.69) is 38.1 Å². The summed E-state index contributed by atoms with van der Waals surface area (Å²) in [5.74, 6) is 1.64. The van der Waals surface area contributed by atoms with Crippen molar-refractivity contribution in [2.75, 3.05) is 6.54 Å². The number of hydrogen-bond acceptors (Lipinski definition) is 5. The predicted molar refractivity (Wildman–Crippen MR) is 91.7 cm³/mol. The van der Waals surface area contributed by atoms with Gasteiger partial charge in [0.2, 0.25) is 5.82 Å². The highest BCUT2D eigenvalue weighted by Gasteiger charge is 2.37. The van der Waals surface area contributed by atoms with Gasteiger partial charge in [0.1, 0.15) is 6.04 Å². The van der Waals surface area contributed by atoms with E-state index in [0.29, 0.717) is 23.6 Å². The van der Waals surface area contributed by atoms with Crippen LogP contribution in [0.4, 0.5) is 0 Å². The van der Waals surface area contributed by atoms with Crippen LogP contribution in [-0.2, 0) is 11.2 Å². The van der Waals surface area contributed by atoms with Gasteiger partial charge >= 0.3 is 5.97 Å². The molecule has 2 heterocycles. The fraction of sp³-hybridized carbons (Fsp3) is 0.556. The van der Waals surface area contributed by atoms with Crippen molar-refractivity contribution < 1.29 is 9.90 Å². The lowest BCUT2D eigenvalue weighted by molar-refractivity contribution is -0.141. The molecule has 7 nitrogen and oxygen atoms in total. The number of tetrazole rings is 1. The van der Waals surface area contributed by atoms with Crippen molar-refractivity contribution in [3.05, 3.63) is 29.8 Å². The van der Waals surface area contributed by atoms with Crippen LogP contribution >= 0.6 is 0 Å². The zero-order chi connectivity index (χ0) is 17.2. The minimum atomic E-state index is -0.719. The van der Waals surface area contributed by atoms with E-state index in [0.717, 1.165) is 31.4 Å². The number of nitrogens with one attached hydrogen (secondary N) is 2. The molecule has 2 fully saturated rings. The fourth-order valence-electron chi connectivity index (χ4n) is 4.54. The van der Waals surface area contributed by atoms with Crippen LogP contribution in [0.5, 0.6) is 0 Å². The van der Waals surface area contributed by atoms with E-state index in [4.69, 9.17) is 0 Å². The number of aliphatic carboxylic acids is 1. The number of rotatable bonds is 4. The Labute approximate surface area is 146 Å². The monoisotopic (exact) mass is 341 g/mol. The van der Waals surface area contributed by atoms with Crippen molar-refractivity contribution in [3.8, 4) is 11.4 Å². The predicted octanol–water partition coefficient (Wildman–Crippen LogP) is 1.89. The standard InChI is InChI=1S/C18H23N5O2/c24-18(25)16-9-14-8-11(5-6-13(14)10-19-16)7-12-3-1-2-4-15(12)17-20-22-23-21-17/h1-4,11,13-14,16,19H,5-10H2,(H,24,25)(H,20,21,22,23)/t11-,13+,14-,16+/m1/s1. The highest BCUT2D eigenvalue weighted by Crippen LogP contribution is 2.40. The first-order valence-corrected chi connectivity index (χ1v) is 8.98. The van der Waals surface area contributed by atoms with Gasteiger partial charge in [-0.15, -0.1) is 10.2 Å². The van der Waals surface area contributed by atoms with Crippen molar-refractivity contribution in [3.63, 3.8) is 0 Å². The van der Waals surface area contributed by atoms with Crippen molar-refractivity contribution in [1.29, 1.82) is 0 Å². The molecule has 132 valence electrons. The molecule has 2 aliphatic rings. The van der Waals surface area contributed by atoms with Crippen LogP contribution in [0, 0.1) is 17.8 Å². The number of aromatic amines is 1. The van der Waals surface area contributed by atoms with E-state index < -0.39 is 5.97 Å². The number of H-pyrrole nitrogens is 1. The van der Waals surface area contributed by atoms with Gasteiger partial charge in [-0.05, 0) is 67.2 Å². The first-order chi connectivity index (χ1) is 12.2. The fourth-order valence-corrected chi connectivity index (χ4v) is 4.54. The average molecular weight is 341 g/mol. The number of carbonyl (C=O) groups is 1. The second-order valence-corrected chi connectivity index (χ2v) is 7.33. The minimum absolute atomic E-state index is 0.383. The first kappa shape index (κ1) is 16.2. The summed E-state index contributed by atoms with van der Waals surface area (Å²) < 4.78 is 0. The minimum Gasteiger partial charge on any atom is -0.480 e. The lowest BCUT2D eigenvalue weighted by Crippen LogP contribution is -2.49. The topological polar surface area (TPSA) is 104 Å². The molecule has 4 rings (SSSR count). The number of nitrogens with zero attached hydrogens (tertiary/aromatic N) is 3. The quantitative estimate of drug-likeness (QED) is 0.784. The van der Waals surface area contributed by atoms with Gasteiger partial charge in [-0.1, -0.05) is 24.3 Å². The smallest absolute Gasteiger partial charge is 0.320 e. The second-order valence-electron chi connectivity index (χ2n) is 7.33. The maximum atomic E-state index is 11.3. The summed E-state index contributed by atoms with van der Waals surface area (Å²) in [6.07, 6.45) is 5.22. The van der Waals surface area contributed by atoms with Crippen molar-refractivity contribution >= 4 is 5.97 Å². The molecule has 4 atom stereocenters. The van der Waals surface area contributed by atoms with Crippen LogP contribution in [0.3, 0.4) is 0 Å². The molecular formula is C18H23N5O2. The Balaban J connectivity index is 1.47. The van der Waals surface area contributed by atoms with E-state index in [9.17, 15) is 9.90 Å². The van der Waals surface area contributed by atoms with Crippen LogP contribution in [0.1, 0.15) is 31.2 Å². The molecule has 0 radical (unpaired) electrons. The SMILES string of the molecule is O=C(O)[C@@H]1C[C@H]2C[C@@H](Cc3ccccc3-c3nn[nH]n3)CC[C@H]2CN1. The molecule has 0 spiro atoms. The zero-order valence-electron chi connectivity index (χ0n) is 14.1. The molecule has 1 aromatic heterocycles. The number of carboxylic acid groups (broad SMARTS) is 1. The van der Waals surface area contributed by atoms with Gasteiger partial charge in [-0.25, -0.2) is 0 Å². The lowest BCUT2D eigenvalue weighted by atomic mass is 9.68. The summed E-state index contributed by atoms with van der Waals surface area (Å²) in [4.78, 5) is 11.3. The Kier molecular flexibility index (Phi) is 4.48. The third-order valence-corrected chi connectivity index (χ3v) is 5.82. The van der Waals surface area contributed by atoms with Gasteiger partial charge in [0.15, 0.2) is 0 Å². The van der Waals surface area contributed by atoms with Gasteiger partial charge in [0, 0.05) is 5.56 Å². The summed E-state index contributed by atoms with van der Waals surface area (Å²) in [5, 5.41) is 26.9. The zero-order valence-corrected chi connectivity index (χ0v) is 14.1. The van der Waals surface area contributed by atoms with Crippen molar-refractivity contribution in [2.24, 2.45) is 17.8 Å². The third kappa shape index (κ3) is 3.42. The van der Waals surface area contributed by atoms with E-state index in [1.165, 1.54) is 18.4 Å². The summed E-state index contributed by atoms with van der Waals surface area (Å²) in [6, 6.07) is 7.84. The molecule has 2 aromatic rings. The first-order valence-electron chi connectivity index (χ1n) is 8.98. The maximum absolute atomic E-state index is 11.3. The number of piperidine rings is 1. The van der Waals surface area contributed by atoms with E-state index in [1.54, 1.807) is 0 Å². The molecular weight excluding hydrogens is 318 g/mol. The number of hydrogen-bond donors (Lipinski definition) is 3. The Bertz CT molecular complexity index is 733. The molecule has 0 bridgehead atoms. The number of aromatic nitrogens is 4. The number of benzene rings is 1. The molecule has 1 saturated heterocycles. The Morgan fingerprint density at radius 1 is 1.20 bits per heavy atom. The highest BCUT2D eigenvalue weighted by atomic mass is 16.4. The summed E-state index contributed by atoms with van der Waals surface area (Å²) in [6.45, 7) is 0.841. The molecule has 1 saturated carbocycles. The molecule has 0 amide bonds. The Morgan fingerprint density at radius 2 is 2.08 bits per heavy atom. The van der Waals surface area contributed by atoms with Crippen LogP contribution in [0.2, 0.25) is 0 Å². The third-order valence-electron chi connectivity index (χ3n) is 5.82. The van der Waals surface area contributed by atoms with Gasteiger partial charge in [-0.2, -0.15) is 5.21 Å². The van der Waals surface area contributed by atoms with Crippen LogP contribution in [0.25, 0.3) is 11.4 Å². The molecule has 25 heavy (non-hydrogen) atoms. The lowest BCUT2D eigenvalue weighted by Gasteiger charge is -2.41.